The summed E-state index contributed by atoms with van der Waals surface area (Å²) in [6, 6.07) is 6.90. The van der Waals surface area contributed by atoms with Crippen molar-refractivity contribution in [2.24, 2.45) is 0 Å². The van der Waals surface area contributed by atoms with Crippen molar-refractivity contribution >= 4 is 32.4 Å². The number of alkyl halides is 1. The quantitative estimate of drug-likeness (QED) is 0.481. The zero-order valence-corrected chi connectivity index (χ0v) is 11.5. The predicted molar refractivity (Wildman–Crippen MR) is 71.3 cm³/mol. The lowest BCUT2D eigenvalue weighted by Crippen LogP contribution is -2.09. The highest BCUT2D eigenvalue weighted by Crippen LogP contribution is 2.15. The molecule has 0 saturated heterocycles. The first-order chi connectivity index (χ1) is 6.95. The lowest BCUT2D eigenvalue weighted by atomic mass is 10.2. The minimum atomic E-state index is -3.19. The van der Waals surface area contributed by atoms with Crippen molar-refractivity contribution in [1.29, 1.82) is 0 Å². The summed E-state index contributed by atoms with van der Waals surface area (Å²) >= 11 is 2.11. The van der Waals surface area contributed by atoms with Crippen LogP contribution in [-0.4, -0.2) is 18.6 Å². The second-order valence-electron chi connectivity index (χ2n) is 3.46. The van der Waals surface area contributed by atoms with Crippen LogP contribution in [-0.2, 0) is 9.84 Å². The molecule has 0 amide bonds. The van der Waals surface area contributed by atoms with Crippen molar-refractivity contribution in [3.8, 4) is 0 Å². The SMILES string of the molecule is C=C(CI)CS(=O)(=O)c1ccc(C)cc1. The molecule has 4 heteroatoms. The van der Waals surface area contributed by atoms with Gasteiger partial charge in [0, 0.05) is 4.43 Å². The Balaban J connectivity index is 2.96. The van der Waals surface area contributed by atoms with Crippen LogP contribution in [0.3, 0.4) is 0 Å². The molecule has 0 unspecified atom stereocenters. The van der Waals surface area contributed by atoms with Gasteiger partial charge < -0.3 is 0 Å². The third-order valence-electron chi connectivity index (χ3n) is 1.96. The lowest BCUT2D eigenvalue weighted by Gasteiger charge is -2.05. The molecule has 0 heterocycles. The van der Waals surface area contributed by atoms with E-state index in [1.54, 1.807) is 24.3 Å². The van der Waals surface area contributed by atoms with E-state index in [9.17, 15) is 8.42 Å². The van der Waals surface area contributed by atoms with Crippen LogP contribution in [0.25, 0.3) is 0 Å². The summed E-state index contributed by atoms with van der Waals surface area (Å²) in [5.74, 6) is 0.0407. The van der Waals surface area contributed by atoms with Crippen LogP contribution < -0.4 is 0 Å². The monoisotopic (exact) mass is 336 g/mol. The van der Waals surface area contributed by atoms with E-state index in [1.165, 1.54) is 0 Å². The molecule has 0 fully saturated rings. The fraction of sp³-hybridized carbons (Fsp3) is 0.273. The van der Waals surface area contributed by atoms with Crippen LogP contribution >= 0.6 is 22.6 Å². The van der Waals surface area contributed by atoms with Gasteiger partial charge in [0.05, 0.1) is 10.6 Å². The maximum Gasteiger partial charge on any atom is 0.182 e. The fourth-order valence-electron chi connectivity index (χ4n) is 1.14. The van der Waals surface area contributed by atoms with Crippen LogP contribution in [0.15, 0.2) is 41.3 Å². The molecular weight excluding hydrogens is 323 g/mol. The van der Waals surface area contributed by atoms with Crippen LogP contribution in [0.2, 0.25) is 0 Å². The molecule has 2 nitrogen and oxygen atoms in total. The van der Waals surface area contributed by atoms with E-state index in [-0.39, 0.29) is 5.75 Å². The highest BCUT2D eigenvalue weighted by atomic mass is 127. The number of hydrogen-bond acceptors (Lipinski definition) is 2. The molecule has 82 valence electrons. The van der Waals surface area contributed by atoms with Gasteiger partial charge in [-0.15, -0.1) is 0 Å². The van der Waals surface area contributed by atoms with E-state index in [0.717, 1.165) is 11.1 Å². The topological polar surface area (TPSA) is 34.1 Å². The smallest absolute Gasteiger partial charge is 0.182 e. The van der Waals surface area contributed by atoms with E-state index in [4.69, 9.17) is 0 Å². The lowest BCUT2D eigenvalue weighted by molar-refractivity contribution is 0.598. The predicted octanol–water partition coefficient (Wildman–Crippen LogP) is 2.76. The summed E-state index contributed by atoms with van der Waals surface area (Å²) in [4.78, 5) is 0.374. The van der Waals surface area contributed by atoms with E-state index >= 15 is 0 Å². The molecular formula is C11H13IO2S. The average Bonchev–Trinajstić information content (AvgIpc) is 2.17. The van der Waals surface area contributed by atoms with Gasteiger partial charge in [-0.05, 0) is 19.1 Å². The summed E-state index contributed by atoms with van der Waals surface area (Å²) in [7, 11) is -3.19. The first kappa shape index (κ1) is 12.7. The fourth-order valence-corrected chi connectivity index (χ4v) is 3.13. The summed E-state index contributed by atoms with van der Waals surface area (Å²) in [5.41, 5.74) is 1.79. The molecule has 0 radical (unpaired) electrons. The largest absolute Gasteiger partial charge is 0.223 e. The van der Waals surface area contributed by atoms with E-state index in [2.05, 4.69) is 29.2 Å². The molecule has 0 aliphatic carbocycles. The van der Waals surface area contributed by atoms with Gasteiger partial charge >= 0.3 is 0 Å². The number of benzene rings is 1. The highest BCUT2D eigenvalue weighted by molar-refractivity contribution is 14.1. The summed E-state index contributed by atoms with van der Waals surface area (Å²) in [6.07, 6.45) is 0. The maximum atomic E-state index is 11.8. The number of aryl methyl sites for hydroxylation is 1. The number of sulfone groups is 1. The Morgan fingerprint density at radius 3 is 2.33 bits per heavy atom. The van der Waals surface area contributed by atoms with Gasteiger partial charge in [-0.3, -0.25) is 0 Å². The second kappa shape index (κ2) is 5.12. The zero-order chi connectivity index (χ0) is 11.5. The van der Waals surface area contributed by atoms with Crippen molar-refractivity contribution in [3.05, 3.63) is 42.0 Å². The third kappa shape index (κ3) is 3.61. The molecule has 1 aromatic carbocycles. The van der Waals surface area contributed by atoms with Crippen molar-refractivity contribution in [3.63, 3.8) is 0 Å². The number of rotatable bonds is 4. The third-order valence-corrected chi connectivity index (χ3v) is 4.82. The minimum absolute atomic E-state index is 0.0407. The van der Waals surface area contributed by atoms with Gasteiger partial charge in [0.2, 0.25) is 0 Å². The Morgan fingerprint density at radius 2 is 1.87 bits per heavy atom. The van der Waals surface area contributed by atoms with Crippen molar-refractivity contribution in [2.75, 3.05) is 10.2 Å². The maximum absolute atomic E-state index is 11.8. The van der Waals surface area contributed by atoms with Gasteiger partial charge in [-0.25, -0.2) is 8.42 Å². The van der Waals surface area contributed by atoms with Gasteiger partial charge in [-0.1, -0.05) is 52.4 Å². The standard InChI is InChI=1S/C11H13IO2S/c1-9-3-5-11(6-4-9)15(13,14)8-10(2)7-12/h3-6H,2,7-8H2,1H3. The highest BCUT2D eigenvalue weighted by Gasteiger charge is 2.14. The first-order valence-electron chi connectivity index (χ1n) is 4.48. The average molecular weight is 336 g/mol. The van der Waals surface area contributed by atoms with Crippen molar-refractivity contribution < 1.29 is 8.42 Å². The van der Waals surface area contributed by atoms with Gasteiger partial charge in [0.25, 0.3) is 0 Å². The molecule has 0 saturated carbocycles. The Morgan fingerprint density at radius 1 is 1.33 bits per heavy atom. The molecule has 15 heavy (non-hydrogen) atoms. The van der Waals surface area contributed by atoms with Crippen LogP contribution in [0.1, 0.15) is 5.56 Å². The molecule has 0 aliphatic rings. The number of hydrogen-bond donors (Lipinski definition) is 0. The molecule has 0 aliphatic heterocycles. The molecule has 0 aromatic heterocycles. The minimum Gasteiger partial charge on any atom is -0.223 e. The number of halogens is 1. The van der Waals surface area contributed by atoms with E-state index in [0.29, 0.717) is 9.32 Å². The Bertz CT molecular complexity index is 446. The summed E-state index contributed by atoms with van der Waals surface area (Å²) in [5, 5.41) is 0. The molecule has 0 spiro atoms. The Hall–Kier alpha value is -0.360. The molecule has 0 bridgehead atoms. The summed E-state index contributed by atoms with van der Waals surface area (Å²) in [6.45, 7) is 5.65. The molecule has 1 aromatic rings. The normalized spacial score (nSPS) is 11.3. The second-order valence-corrected chi connectivity index (χ2v) is 6.21. The summed E-state index contributed by atoms with van der Waals surface area (Å²) < 4.78 is 24.4. The first-order valence-corrected chi connectivity index (χ1v) is 7.65. The van der Waals surface area contributed by atoms with Crippen LogP contribution in [0, 0.1) is 6.92 Å². The molecule has 1 rings (SSSR count). The molecule has 0 N–H and O–H groups in total. The zero-order valence-electron chi connectivity index (χ0n) is 8.53. The van der Waals surface area contributed by atoms with Crippen molar-refractivity contribution in [2.45, 2.75) is 11.8 Å². The molecule has 0 atom stereocenters. The van der Waals surface area contributed by atoms with Gasteiger partial charge in [0.1, 0.15) is 0 Å². The Labute approximate surface area is 104 Å². The van der Waals surface area contributed by atoms with E-state index in [1.807, 2.05) is 6.92 Å². The van der Waals surface area contributed by atoms with Crippen LogP contribution in [0.5, 0.6) is 0 Å². The van der Waals surface area contributed by atoms with Gasteiger partial charge in [-0.2, -0.15) is 0 Å². The van der Waals surface area contributed by atoms with Crippen LogP contribution in [0.4, 0.5) is 0 Å². The van der Waals surface area contributed by atoms with E-state index < -0.39 is 9.84 Å². The Kier molecular flexibility index (Phi) is 4.33. The van der Waals surface area contributed by atoms with Gasteiger partial charge in [0.15, 0.2) is 9.84 Å². The van der Waals surface area contributed by atoms with Crippen molar-refractivity contribution in [1.82, 2.24) is 0 Å².